The second-order valence-electron chi connectivity index (χ2n) is 4.84. The van der Waals surface area contributed by atoms with Crippen molar-refractivity contribution in [2.45, 2.75) is 26.2 Å². The highest BCUT2D eigenvalue weighted by molar-refractivity contribution is 5.96. The SMILES string of the molecule is CCCCOc1ccc(C(=O)NCC(=O)NCCCO)cc1. The van der Waals surface area contributed by atoms with Crippen molar-refractivity contribution in [3.05, 3.63) is 29.8 Å². The second-order valence-corrected chi connectivity index (χ2v) is 4.84. The molecule has 1 rings (SSSR count). The van der Waals surface area contributed by atoms with Gasteiger partial charge in [0.25, 0.3) is 5.91 Å². The van der Waals surface area contributed by atoms with E-state index in [1.807, 2.05) is 0 Å². The molecule has 6 heteroatoms. The van der Waals surface area contributed by atoms with Gasteiger partial charge in [0.2, 0.25) is 5.91 Å². The number of benzene rings is 1. The normalized spacial score (nSPS) is 10.1. The highest BCUT2D eigenvalue weighted by Crippen LogP contribution is 2.12. The Balaban J connectivity index is 2.34. The smallest absolute Gasteiger partial charge is 0.251 e. The molecule has 1 aromatic rings. The number of amides is 2. The van der Waals surface area contributed by atoms with Crippen LogP contribution in [0.2, 0.25) is 0 Å². The summed E-state index contributed by atoms with van der Waals surface area (Å²) in [6.45, 7) is 3.10. The Morgan fingerprint density at radius 2 is 1.86 bits per heavy atom. The Labute approximate surface area is 130 Å². The third kappa shape index (κ3) is 7.08. The first kappa shape index (κ1) is 18.0. The van der Waals surface area contributed by atoms with Gasteiger partial charge in [-0.25, -0.2) is 0 Å². The lowest BCUT2D eigenvalue weighted by Gasteiger charge is -2.08. The molecule has 0 aliphatic heterocycles. The van der Waals surface area contributed by atoms with Crippen LogP contribution in [0.5, 0.6) is 5.75 Å². The van der Waals surface area contributed by atoms with E-state index in [4.69, 9.17) is 9.84 Å². The van der Waals surface area contributed by atoms with Gasteiger partial charge in [-0.1, -0.05) is 13.3 Å². The summed E-state index contributed by atoms with van der Waals surface area (Å²) in [5.41, 5.74) is 0.478. The number of carbonyl (C=O) groups is 2. The van der Waals surface area contributed by atoms with Crippen LogP contribution in [0.4, 0.5) is 0 Å². The van der Waals surface area contributed by atoms with Crippen LogP contribution in [0.3, 0.4) is 0 Å². The van der Waals surface area contributed by atoms with Gasteiger partial charge in [0.15, 0.2) is 0 Å². The molecule has 0 aliphatic rings. The summed E-state index contributed by atoms with van der Waals surface area (Å²) in [6.07, 6.45) is 2.56. The Hall–Kier alpha value is -2.08. The lowest BCUT2D eigenvalue weighted by Crippen LogP contribution is -2.37. The first-order chi connectivity index (χ1) is 10.7. The molecule has 0 aliphatic carbocycles. The van der Waals surface area contributed by atoms with Crippen molar-refractivity contribution in [3.8, 4) is 5.75 Å². The molecule has 0 saturated carbocycles. The minimum atomic E-state index is -0.308. The Morgan fingerprint density at radius 3 is 2.50 bits per heavy atom. The molecule has 3 N–H and O–H groups in total. The summed E-state index contributed by atoms with van der Waals surface area (Å²) in [7, 11) is 0. The first-order valence-electron chi connectivity index (χ1n) is 7.56. The van der Waals surface area contributed by atoms with Gasteiger partial charge in [0.1, 0.15) is 5.75 Å². The average Bonchev–Trinajstić information content (AvgIpc) is 2.54. The van der Waals surface area contributed by atoms with Crippen LogP contribution in [0.15, 0.2) is 24.3 Å². The van der Waals surface area contributed by atoms with E-state index in [0.29, 0.717) is 25.1 Å². The van der Waals surface area contributed by atoms with E-state index in [9.17, 15) is 9.59 Å². The zero-order valence-corrected chi connectivity index (χ0v) is 12.9. The maximum Gasteiger partial charge on any atom is 0.251 e. The quantitative estimate of drug-likeness (QED) is 0.565. The fourth-order valence-corrected chi connectivity index (χ4v) is 1.67. The number of hydrogen-bond donors (Lipinski definition) is 3. The molecule has 0 bridgehead atoms. The fraction of sp³-hybridized carbons (Fsp3) is 0.500. The van der Waals surface area contributed by atoms with E-state index in [0.717, 1.165) is 18.6 Å². The van der Waals surface area contributed by atoms with Crippen molar-refractivity contribution >= 4 is 11.8 Å². The molecule has 2 amide bonds. The van der Waals surface area contributed by atoms with Gasteiger partial charge in [-0.05, 0) is 37.1 Å². The number of carbonyl (C=O) groups excluding carboxylic acids is 2. The van der Waals surface area contributed by atoms with Gasteiger partial charge in [0.05, 0.1) is 13.2 Å². The molecule has 0 radical (unpaired) electrons. The highest BCUT2D eigenvalue weighted by Gasteiger charge is 2.07. The summed E-state index contributed by atoms with van der Waals surface area (Å²) in [6, 6.07) is 6.82. The molecule has 0 saturated heterocycles. The number of aliphatic hydroxyl groups is 1. The monoisotopic (exact) mass is 308 g/mol. The summed E-state index contributed by atoms with van der Waals surface area (Å²) >= 11 is 0. The van der Waals surface area contributed by atoms with Crippen LogP contribution in [-0.4, -0.2) is 43.2 Å². The second kappa shape index (κ2) is 10.6. The van der Waals surface area contributed by atoms with Crippen molar-refractivity contribution in [3.63, 3.8) is 0 Å². The minimum absolute atomic E-state index is 0.0271. The van der Waals surface area contributed by atoms with Crippen molar-refractivity contribution in [1.82, 2.24) is 10.6 Å². The Bertz CT molecular complexity index is 460. The maximum absolute atomic E-state index is 11.9. The van der Waals surface area contributed by atoms with Gasteiger partial charge in [0, 0.05) is 18.7 Å². The average molecular weight is 308 g/mol. The molecule has 0 atom stereocenters. The third-order valence-corrected chi connectivity index (χ3v) is 2.95. The first-order valence-corrected chi connectivity index (χ1v) is 7.56. The van der Waals surface area contributed by atoms with E-state index in [-0.39, 0.29) is 25.0 Å². The number of rotatable bonds is 10. The van der Waals surface area contributed by atoms with Crippen LogP contribution in [0, 0.1) is 0 Å². The molecule has 0 fully saturated rings. The molecular formula is C16H24N2O4. The molecule has 22 heavy (non-hydrogen) atoms. The van der Waals surface area contributed by atoms with E-state index >= 15 is 0 Å². The van der Waals surface area contributed by atoms with E-state index in [1.54, 1.807) is 24.3 Å². The van der Waals surface area contributed by atoms with Crippen LogP contribution in [0.25, 0.3) is 0 Å². The van der Waals surface area contributed by atoms with Crippen LogP contribution in [0.1, 0.15) is 36.5 Å². The molecule has 0 spiro atoms. The summed E-state index contributed by atoms with van der Waals surface area (Å²) < 4.78 is 5.52. The Morgan fingerprint density at radius 1 is 1.14 bits per heavy atom. The van der Waals surface area contributed by atoms with E-state index in [1.165, 1.54) is 0 Å². The molecular weight excluding hydrogens is 284 g/mol. The van der Waals surface area contributed by atoms with E-state index in [2.05, 4.69) is 17.6 Å². The predicted molar refractivity (Wildman–Crippen MR) is 83.9 cm³/mol. The van der Waals surface area contributed by atoms with Crippen LogP contribution in [-0.2, 0) is 4.79 Å². The number of aliphatic hydroxyl groups excluding tert-OH is 1. The third-order valence-electron chi connectivity index (χ3n) is 2.95. The standard InChI is InChI=1S/C16H24N2O4/c1-2-3-11-22-14-7-5-13(6-8-14)16(21)18-12-15(20)17-9-4-10-19/h5-8,19H,2-4,9-12H2,1H3,(H,17,20)(H,18,21). The highest BCUT2D eigenvalue weighted by atomic mass is 16.5. The van der Waals surface area contributed by atoms with Gasteiger partial charge in [-0.15, -0.1) is 0 Å². The van der Waals surface area contributed by atoms with E-state index < -0.39 is 0 Å². The van der Waals surface area contributed by atoms with Crippen LogP contribution < -0.4 is 15.4 Å². The van der Waals surface area contributed by atoms with Gasteiger partial charge < -0.3 is 20.5 Å². The molecule has 0 unspecified atom stereocenters. The lowest BCUT2D eigenvalue weighted by atomic mass is 10.2. The number of hydrogen-bond acceptors (Lipinski definition) is 4. The lowest BCUT2D eigenvalue weighted by molar-refractivity contribution is -0.120. The van der Waals surface area contributed by atoms with Crippen molar-refractivity contribution in [2.24, 2.45) is 0 Å². The molecule has 0 aromatic heterocycles. The molecule has 1 aromatic carbocycles. The van der Waals surface area contributed by atoms with Gasteiger partial charge >= 0.3 is 0 Å². The summed E-state index contributed by atoms with van der Waals surface area (Å²) in [4.78, 5) is 23.3. The molecule has 0 heterocycles. The maximum atomic E-state index is 11.9. The summed E-state index contributed by atoms with van der Waals surface area (Å²) in [5.74, 6) is 0.144. The number of unbranched alkanes of at least 4 members (excludes halogenated alkanes) is 1. The van der Waals surface area contributed by atoms with Gasteiger partial charge in [-0.3, -0.25) is 9.59 Å². The van der Waals surface area contributed by atoms with Gasteiger partial charge in [-0.2, -0.15) is 0 Å². The van der Waals surface area contributed by atoms with Crippen LogP contribution >= 0.6 is 0 Å². The zero-order chi connectivity index (χ0) is 16.2. The van der Waals surface area contributed by atoms with Crippen molar-refractivity contribution in [2.75, 3.05) is 26.3 Å². The van der Waals surface area contributed by atoms with Crippen molar-refractivity contribution in [1.29, 1.82) is 0 Å². The predicted octanol–water partition coefficient (Wildman–Crippen LogP) is 1.09. The fourth-order valence-electron chi connectivity index (χ4n) is 1.67. The topological polar surface area (TPSA) is 87.7 Å². The summed E-state index contributed by atoms with van der Waals surface area (Å²) in [5, 5.41) is 13.7. The van der Waals surface area contributed by atoms with Crippen molar-refractivity contribution < 1.29 is 19.4 Å². The zero-order valence-electron chi connectivity index (χ0n) is 12.9. The molecule has 6 nitrogen and oxygen atoms in total. The number of nitrogens with one attached hydrogen (secondary N) is 2. The molecule has 122 valence electrons. The minimum Gasteiger partial charge on any atom is -0.494 e. The number of ether oxygens (including phenoxy) is 1. The Kier molecular flexibility index (Phi) is 8.67. The largest absolute Gasteiger partial charge is 0.494 e.